The molecule has 1 heterocycles. The molecule has 0 spiro atoms. The quantitative estimate of drug-likeness (QED) is 0.315. The fraction of sp³-hybridized carbons (Fsp3) is 0.241. The normalized spacial score (nSPS) is 11.8. The Balaban J connectivity index is 1.66. The van der Waals surface area contributed by atoms with E-state index in [0.29, 0.717) is 23.5 Å². The second kappa shape index (κ2) is 11.9. The summed E-state index contributed by atoms with van der Waals surface area (Å²) >= 11 is 0. The highest BCUT2D eigenvalue weighted by atomic mass is 32.2. The van der Waals surface area contributed by atoms with Crippen LogP contribution in [0.3, 0.4) is 0 Å². The first kappa shape index (κ1) is 28.2. The van der Waals surface area contributed by atoms with Crippen LogP contribution in [0.2, 0.25) is 0 Å². The van der Waals surface area contributed by atoms with Gasteiger partial charge in [0.25, 0.3) is 0 Å². The van der Waals surface area contributed by atoms with Crippen LogP contribution in [0, 0.1) is 19.7 Å². The monoisotopic (exact) mass is 549 g/mol. The lowest BCUT2D eigenvalue weighted by atomic mass is 10.2. The zero-order chi connectivity index (χ0) is 28.2. The Kier molecular flexibility index (Phi) is 8.59. The maximum Gasteiger partial charge on any atom is 0.243 e. The third-order valence-electron chi connectivity index (χ3n) is 6.24. The number of nitrogens with zero attached hydrogens (tertiary/aromatic N) is 4. The third kappa shape index (κ3) is 6.78. The summed E-state index contributed by atoms with van der Waals surface area (Å²) in [5, 5.41) is 2.75. The second-order valence-corrected chi connectivity index (χ2v) is 11.6. The van der Waals surface area contributed by atoms with E-state index in [-0.39, 0.29) is 17.4 Å². The number of hydrogen-bond acceptors (Lipinski definition) is 5. The lowest BCUT2D eigenvalue weighted by Crippen LogP contribution is -2.41. The highest BCUT2D eigenvalue weighted by molar-refractivity contribution is 7.89. The first-order valence-corrected chi connectivity index (χ1v) is 13.9. The summed E-state index contributed by atoms with van der Waals surface area (Å²) in [6, 6.07) is 20.7. The molecule has 0 aliphatic rings. The molecule has 0 radical (unpaired) electrons. The lowest BCUT2D eigenvalue weighted by Gasteiger charge is -2.23. The van der Waals surface area contributed by atoms with Crippen LogP contribution in [0.25, 0.3) is 16.9 Å². The highest BCUT2D eigenvalue weighted by Gasteiger charge is 2.27. The van der Waals surface area contributed by atoms with Crippen LogP contribution < -0.4 is 5.32 Å². The average Bonchev–Trinajstić information content (AvgIpc) is 3.32. The van der Waals surface area contributed by atoms with Crippen LogP contribution >= 0.6 is 0 Å². The largest absolute Gasteiger partial charge is 0.308 e. The van der Waals surface area contributed by atoms with E-state index in [4.69, 9.17) is 0 Å². The van der Waals surface area contributed by atoms with Gasteiger partial charge in [-0.25, -0.2) is 17.8 Å². The molecule has 1 amide bonds. The molecule has 1 N–H and O–H groups in total. The summed E-state index contributed by atoms with van der Waals surface area (Å²) in [5.74, 6) is -0.801. The highest BCUT2D eigenvalue weighted by Crippen LogP contribution is 2.25. The summed E-state index contributed by atoms with van der Waals surface area (Å²) in [6.45, 7) is 3.67. The van der Waals surface area contributed by atoms with Crippen molar-refractivity contribution in [1.82, 2.24) is 18.8 Å². The van der Waals surface area contributed by atoms with Gasteiger partial charge in [0.05, 0.1) is 22.8 Å². The number of imidazole rings is 1. The zero-order valence-electron chi connectivity index (χ0n) is 22.4. The van der Waals surface area contributed by atoms with Crippen molar-refractivity contribution in [2.75, 3.05) is 39.0 Å². The molecule has 4 rings (SSSR count). The van der Waals surface area contributed by atoms with Crippen LogP contribution in [-0.4, -0.2) is 66.8 Å². The van der Waals surface area contributed by atoms with Crippen molar-refractivity contribution in [3.8, 4) is 16.9 Å². The molecular formula is C29H32FN5O3S. The van der Waals surface area contributed by atoms with E-state index in [1.54, 1.807) is 42.0 Å². The van der Waals surface area contributed by atoms with E-state index in [9.17, 15) is 17.6 Å². The number of anilines is 1. The zero-order valence-corrected chi connectivity index (χ0v) is 23.2. The van der Waals surface area contributed by atoms with Crippen molar-refractivity contribution in [1.29, 1.82) is 0 Å². The minimum atomic E-state index is -3.94. The van der Waals surface area contributed by atoms with Gasteiger partial charge >= 0.3 is 0 Å². The smallest absolute Gasteiger partial charge is 0.243 e. The Hall–Kier alpha value is -3.86. The van der Waals surface area contributed by atoms with Crippen LogP contribution in [0.1, 0.15) is 11.1 Å². The number of halogens is 1. The molecule has 4 aromatic rings. The number of sulfonamides is 1. The molecule has 0 unspecified atom stereocenters. The number of carbonyl (C=O) groups excluding carboxylic acids is 1. The van der Waals surface area contributed by atoms with Crippen molar-refractivity contribution in [3.05, 3.63) is 95.9 Å². The number of carbonyl (C=O) groups is 1. The molecule has 0 bridgehead atoms. The van der Waals surface area contributed by atoms with Crippen LogP contribution in [0.15, 0.2) is 83.9 Å². The van der Waals surface area contributed by atoms with Crippen molar-refractivity contribution < 1.29 is 17.6 Å². The fourth-order valence-electron chi connectivity index (χ4n) is 3.92. The van der Waals surface area contributed by atoms with Crippen LogP contribution in [-0.2, 0) is 14.8 Å². The van der Waals surface area contributed by atoms with Gasteiger partial charge in [-0.3, -0.25) is 14.7 Å². The number of benzene rings is 3. The standard InChI is InChI=1S/C29H32FN5O3S/c1-21-10-14-25(15-11-21)39(37,38)34(17-16-33(3)4)20-28(36)32-29-31-27(23-8-6-5-7-9-23)19-35(29)24-13-12-22(2)26(30)18-24/h5-15,18-19H,16-17,20H2,1-4H3,(H,31,32,36). The molecule has 0 fully saturated rings. The Bertz CT molecular complexity index is 1550. The summed E-state index contributed by atoms with van der Waals surface area (Å²) in [7, 11) is -0.277. The molecule has 3 aromatic carbocycles. The number of aryl methyl sites for hydroxylation is 2. The number of aromatic nitrogens is 2. The van der Waals surface area contributed by atoms with Crippen molar-refractivity contribution >= 4 is 21.9 Å². The average molecular weight is 550 g/mol. The summed E-state index contributed by atoms with van der Waals surface area (Å²) in [6.07, 6.45) is 1.71. The van der Waals surface area contributed by atoms with Gasteiger partial charge in [0.2, 0.25) is 21.9 Å². The molecule has 0 saturated heterocycles. The third-order valence-corrected chi connectivity index (χ3v) is 8.10. The molecule has 0 aliphatic carbocycles. The van der Waals surface area contributed by atoms with Gasteiger partial charge < -0.3 is 4.90 Å². The van der Waals surface area contributed by atoms with Crippen LogP contribution in [0.4, 0.5) is 10.3 Å². The van der Waals surface area contributed by atoms with Gasteiger partial charge in [0.1, 0.15) is 5.82 Å². The first-order chi connectivity index (χ1) is 18.5. The van der Waals surface area contributed by atoms with Crippen molar-refractivity contribution in [2.24, 2.45) is 0 Å². The molecular weight excluding hydrogens is 517 g/mol. The number of amides is 1. The Labute approximate surface area is 228 Å². The number of likely N-dealkylation sites (N-methyl/N-ethyl adjacent to an activating group) is 1. The van der Waals surface area contributed by atoms with Gasteiger partial charge in [0, 0.05) is 24.8 Å². The van der Waals surface area contributed by atoms with Crippen LogP contribution in [0.5, 0.6) is 0 Å². The van der Waals surface area contributed by atoms with E-state index < -0.39 is 28.3 Å². The van der Waals surface area contributed by atoms with Gasteiger partial charge in [0.15, 0.2) is 0 Å². The van der Waals surface area contributed by atoms with Gasteiger partial charge in [-0.15, -0.1) is 0 Å². The molecule has 204 valence electrons. The van der Waals surface area contributed by atoms with Crippen molar-refractivity contribution in [3.63, 3.8) is 0 Å². The predicted octanol–water partition coefficient (Wildman–Crippen LogP) is 4.49. The summed E-state index contributed by atoms with van der Waals surface area (Å²) in [5.41, 5.74) is 3.28. The summed E-state index contributed by atoms with van der Waals surface area (Å²) in [4.78, 5) is 19.8. The molecule has 0 aliphatic heterocycles. The Morgan fingerprint density at radius 1 is 0.974 bits per heavy atom. The van der Waals surface area contributed by atoms with E-state index >= 15 is 0 Å². The predicted molar refractivity (Wildman–Crippen MR) is 151 cm³/mol. The van der Waals surface area contributed by atoms with E-state index in [2.05, 4.69) is 10.3 Å². The van der Waals surface area contributed by atoms with E-state index in [1.807, 2.05) is 56.3 Å². The second-order valence-electron chi connectivity index (χ2n) is 9.62. The lowest BCUT2D eigenvalue weighted by molar-refractivity contribution is -0.116. The molecule has 1 aromatic heterocycles. The maximum atomic E-state index is 14.4. The molecule has 39 heavy (non-hydrogen) atoms. The molecule has 10 heteroatoms. The number of rotatable bonds is 10. The van der Waals surface area contributed by atoms with E-state index in [1.165, 1.54) is 18.2 Å². The van der Waals surface area contributed by atoms with E-state index in [0.717, 1.165) is 15.4 Å². The molecule has 0 saturated carbocycles. The summed E-state index contributed by atoms with van der Waals surface area (Å²) < 4.78 is 44.1. The first-order valence-electron chi connectivity index (χ1n) is 12.5. The minimum absolute atomic E-state index is 0.114. The molecule has 0 atom stereocenters. The Morgan fingerprint density at radius 3 is 2.31 bits per heavy atom. The van der Waals surface area contributed by atoms with Gasteiger partial charge in [-0.1, -0.05) is 54.1 Å². The number of nitrogens with one attached hydrogen (secondary N) is 1. The fourth-order valence-corrected chi connectivity index (χ4v) is 5.31. The van der Waals surface area contributed by atoms with Gasteiger partial charge in [-0.2, -0.15) is 4.31 Å². The van der Waals surface area contributed by atoms with Crippen molar-refractivity contribution in [2.45, 2.75) is 18.7 Å². The number of hydrogen-bond donors (Lipinski definition) is 1. The minimum Gasteiger partial charge on any atom is -0.308 e. The molecule has 8 nitrogen and oxygen atoms in total. The Morgan fingerprint density at radius 2 is 1.67 bits per heavy atom. The SMILES string of the molecule is Cc1ccc(S(=O)(=O)N(CCN(C)C)CC(=O)Nc2nc(-c3ccccc3)cn2-c2ccc(C)c(F)c2)cc1. The topological polar surface area (TPSA) is 87.5 Å². The van der Waals surface area contributed by atoms with Gasteiger partial charge in [-0.05, 0) is 57.8 Å². The maximum absolute atomic E-state index is 14.4.